The van der Waals surface area contributed by atoms with Crippen LogP contribution in [0.2, 0.25) is 0 Å². The molecule has 0 saturated heterocycles. The first-order valence-corrected chi connectivity index (χ1v) is 8.28. The van der Waals surface area contributed by atoms with Crippen molar-refractivity contribution in [3.8, 4) is 5.69 Å². The van der Waals surface area contributed by atoms with Gasteiger partial charge in [0, 0.05) is 18.5 Å². The van der Waals surface area contributed by atoms with Crippen molar-refractivity contribution in [2.24, 2.45) is 0 Å². The number of nitrogens with zero attached hydrogens (tertiary/aromatic N) is 5. The summed E-state index contributed by atoms with van der Waals surface area (Å²) in [5.41, 5.74) is 3.33. The Balaban J connectivity index is 1.36. The van der Waals surface area contributed by atoms with Gasteiger partial charge in [0.05, 0.1) is 16.7 Å². The fourth-order valence-electron chi connectivity index (χ4n) is 2.74. The van der Waals surface area contributed by atoms with Gasteiger partial charge in [-0.3, -0.25) is 4.79 Å². The van der Waals surface area contributed by atoms with Crippen LogP contribution in [0.1, 0.15) is 22.0 Å². The summed E-state index contributed by atoms with van der Waals surface area (Å²) in [6, 6.07) is 15.0. The molecule has 0 bridgehead atoms. The highest BCUT2D eigenvalue weighted by Gasteiger charge is 2.08. The minimum atomic E-state index is -0.124. The standard InChI is InChI=1S/C18H17N7O/c1-12-22-23-24-25(12)14-8-6-13(7-9-14)18(26)19-11-10-17-20-15-4-2-3-5-16(15)21-17/h2-9H,10-11H2,1H3,(H,19,26)(H,20,21). The van der Waals surface area contributed by atoms with E-state index in [0.29, 0.717) is 24.4 Å². The number of amides is 1. The summed E-state index contributed by atoms with van der Waals surface area (Å²) >= 11 is 0. The van der Waals surface area contributed by atoms with Gasteiger partial charge < -0.3 is 10.3 Å². The largest absolute Gasteiger partial charge is 0.352 e. The lowest BCUT2D eigenvalue weighted by Crippen LogP contribution is -2.25. The van der Waals surface area contributed by atoms with Crippen LogP contribution in [0.5, 0.6) is 0 Å². The van der Waals surface area contributed by atoms with Gasteiger partial charge in [0.25, 0.3) is 5.91 Å². The lowest BCUT2D eigenvalue weighted by molar-refractivity contribution is 0.0954. The zero-order valence-corrected chi connectivity index (χ0v) is 14.2. The third-order valence-corrected chi connectivity index (χ3v) is 4.09. The van der Waals surface area contributed by atoms with Gasteiger partial charge in [0.1, 0.15) is 5.82 Å². The second-order valence-corrected chi connectivity index (χ2v) is 5.89. The molecule has 2 aromatic carbocycles. The monoisotopic (exact) mass is 347 g/mol. The van der Waals surface area contributed by atoms with Crippen molar-refractivity contribution in [2.75, 3.05) is 6.54 Å². The van der Waals surface area contributed by atoms with Gasteiger partial charge in [-0.05, 0) is 53.7 Å². The maximum absolute atomic E-state index is 12.3. The maximum Gasteiger partial charge on any atom is 0.251 e. The molecule has 8 nitrogen and oxygen atoms in total. The number of tetrazole rings is 1. The van der Waals surface area contributed by atoms with Crippen LogP contribution in [-0.2, 0) is 6.42 Å². The molecule has 130 valence electrons. The number of imidazole rings is 1. The fraction of sp³-hybridized carbons (Fsp3) is 0.167. The number of carbonyl (C=O) groups is 1. The quantitative estimate of drug-likeness (QED) is 0.573. The summed E-state index contributed by atoms with van der Waals surface area (Å²) in [5, 5.41) is 14.3. The normalized spacial score (nSPS) is 11.0. The van der Waals surface area contributed by atoms with E-state index in [1.54, 1.807) is 16.8 Å². The van der Waals surface area contributed by atoms with Crippen LogP contribution < -0.4 is 5.32 Å². The molecule has 4 rings (SSSR count). The van der Waals surface area contributed by atoms with Gasteiger partial charge in [-0.1, -0.05) is 12.1 Å². The zero-order chi connectivity index (χ0) is 17.9. The Labute approximate surface area is 149 Å². The second kappa shape index (κ2) is 6.75. The van der Waals surface area contributed by atoms with Gasteiger partial charge in [0.2, 0.25) is 0 Å². The van der Waals surface area contributed by atoms with Gasteiger partial charge in [-0.25, -0.2) is 4.98 Å². The molecule has 0 atom stereocenters. The molecule has 0 aliphatic heterocycles. The molecule has 0 spiro atoms. The Morgan fingerprint density at radius 3 is 2.69 bits per heavy atom. The summed E-state index contributed by atoms with van der Waals surface area (Å²) in [4.78, 5) is 20.0. The molecule has 2 heterocycles. The number of fused-ring (bicyclic) bond motifs is 1. The van der Waals surface area contributed by atoms with Crippen molar-refractivity contribution < 1.29 is 4.79 Å². The Morgan fingerprint density at radius 1 is 1.15 bits per heavy atom. The van der Waals surface area contributed by atoms with E-state index in [-0.39, 0.29) is 5.91 Å². The molecule has 2 N–H and O–H groups in total. The molecule has 0 radical (unpaired) electrons. The van der Waals surface area contributed by atoms with Gasteiger partial charge >= 0.3 is 0 Å². The Hall–Kier alpha value is -3.55. The molecular formula is C18H17N7O. The topological polar surface area (TPSA) is 101 Å². The highest BCUT2D eigenvalue weighted by molar-refractivity contribution is 5.94. The predicted molar refractivity (Wildman–Crippen MR) is 96.0 cm³/mol. The SMILES string of the molecule is Cc1nnnn1-c1ccc(C(=O)NCCc2nc3ccccc3[nH]2)cc1. The third-order valence-electron chi connectivity index (χ3n) is 4.09. The van der Waals surface area contributed by atoms with E-state index in [1.165, 1.54) is 0 Å². The summed E-state index contributed by atoms with van der Waals surface area (Å²) in [6.45, 7) is 2.32. The number of H-pyrrole nitrogens is 1. The van der Waals surface area contributed by atoms with Crippen molar-refractivity contribution >= 4 is 16.9 Å². The molecule has 1 amide bonds. The number of rotatable bonds is 5. The smallest absolute Gasteiger partial charge is 0.251 e. The van der Waals surface area contributed by atoms with Crippen molar-refractivity contribution in [1.82, 2.24) is 35.5 Å². The van der Waals surface area contributed by atoms with E-state index >= 15 is 0 Å². The highest BCUT2D eigenvalue weighted by atomic mass is 16.1. The maximum atomic E-state index is 12.3. The average Bonchev–Trinajstić information content (AvgIpc) is 3.27. The lowest BCUT2D eigenvalue weighted by Gasteiger charge is -2.06. The lowest BCUT2D eigenvalue weighted by atomic mass is 10.2. The van der Waals surface area contributed by atoms with Crippen LogP contribution in [0.25, 0.3) is 16.7 Å². The summed E-state index contributed by atoms with van der Waals surface area (Å²) < 4.78 is 1.61. The summed E-state index contributed by atoms with van der Waals surface area (Å²) in [6.07, 6.45) is 0.641. The first-order chi connectivity index (χ1) is 12.7. The number of nitrogens with one attached hydrogen (secondary N) is 2. The molecule has 0 unspecified atom stereocenters. The highest BCUT2D eigenvalue weighted by Crippen LogP contribution is 2.11. The minimum Gasteiger partial charge on any atom is -0.352 e. The van der Waals surface area contributed by atoms with Crippen LogP contribution in [-0.4, -0.2) is 42.6 Å². The van der Waals surface area contributed by atoms with Gasteiger partial charge in [0.15, 0.2) is 5.82 Å². The van der Waals surface area contributed by atoms with Crippen LogP contribution in [0.4, 0.5) is 0 Å². The number of hydrogen-bond donors (Lipinski definition) is 2. The Kier molecular flexibility index (Phi) is 4.14. The number of carbonyl (C=O) groups excluding carboxylic acids is 1. The second-order valence-electron chi connectivity index (χ2n) is 5.89. The number of aromatic nitrogens is 6. The molecule has 26 heavy (non-hydrogen) atoms. The fourth-order valence-corrected chi connectivity index (χ4v) is 2.74. The molecule has 4 aromatic rings. The van der Waals surface area contributed by atoms with E-state index in [1.807, 2.05) is 43.3 Å². The van der Waals surface area contributed by atoms with Crippen molar-refractivity contribution in [1.29, 1.82) is 0 Å². The van der Waals surface area contributed by atoms with E-state index in [0.717, 1.165) is 22.5 Å². The minimum absolute atomic E-state index is 0.124. The van der Waals surface area contributed by atoms with Crippen LogP contribution in [0, 0.1) is 6.92 Å². The number of aryl methyl sites for hydroxylation is 1. The number of aromatic amines is 1. The van der Waals surface area contributed by atoms with Crippen LogP contribution >= 0.6 is 0 Å². The van der Waals surface area contributed by atoms with Crippen LogP contribution in [0.15, 0.2) is 48.5 Å². The zero-order valence-electron chi connectivity index (χ0n) is 14.2. The van der Waals surface area contributed by atoms with E-state index < -0.39 is 0 Å². The molecule has 2 aromatic heterocycles. The average molecular weight is 347 g/mol. The number of benzene rings is 2. The van der Waals surface area contributed by atoms with Crippen LogP contribution in [0.3, 0.4) is 0 Å². The molecular weight excluding hydrogens is 330 g/mol. The molecule has 0 aliphatic rings. The molecule has 0 aliphatic carbocycles. The number of hydrogen-bond acceptors (Lipinski definition) is 5. The van der Waals surface area contributed by atoms with Crippen molar-refractivity contribution in [3.05, 3.63) is 65.7 Å². The third kappa shape index (κ3) is 3.16. The van der Waals surface area contributed by atoms with Crippen molar-refractivity contribution in [2.45, 2.75) is 13.3 Å². The van der Waals surface area contributed by atoms with E-state index in [4.69, 9.17) is 0 Å². The Bertz CT molecular complexity index is 1020. The van der Waals surface area contributed by atoms with E-state index in [2.05, 4.69) is 30.8 Å². The molecule has 0 fully saturated rings. The van der Waals surface area contributed by atoms with Gasteiger partial charge in [-0.2, -0.15) is 4.68 Å². The van der Waals surface area contributed by atoms with E-state index in [9.17, 15) is 4.79 Å². The number of para-hydroxylation sites is 2. The Morgan fingerprint density at radius 2 is 1.96 bits per heavy atom. The predicted octanol–water partition coefficient (Wildman–Crippen LogP) is 1.82. The molecule has 0 saturated carbocycles. The van der Waals surface area contributed by atoms with Gasteiger partial charge in [-0.15, -0.1) is 5.10 Å². The summed E-state index contributed by atoms with van der Waals surface area (Å²) in [5.74, 6) is 1.42. The molecule has 8 heteroatoms. The first kappa shape index (κ1) is 15.9. The summed E-state index contributed by atoms with van der Waals surface area (Å²) in [7, 11) is 0. The van der Waals surface area contributed by atoms with Crippen molar-refractivity contribution in [3.63, 3.8) is 0 Å². The first-order valence-electron chi connectivity index (χ1n) is 8.28.